The summed E-state index contributed by atoms with van der Waals surface area (Å²) >= 11 is 7.00. The predicted octanol–water partition coefficient (Wildman–Crippen LogP) is 7.97. The van der Waals surface area contributed by atoms with Crippen molar-refractivity contribution < 1.29 is 23.2 Å². The SMILES string of the molecule is CCOC[C@H]1c2c(nn(-c3cc(C)c(F)c(C)c3)c2-n2ccn(-c3ccc4c(cnn4C)c3Cl)c2=O)CCN1C(=O)c1cc2cc([C@H]3CCOC(C)(C)C3)ccc2n1[C@@]1(c2noc(=O)[nH]2)C[C@@H]1C. The van der Waals surface area contributed by atoms with E-state index in [4.69, 9.17) is 30.7 Å². The number of H-pyrrole nitrogens is 1. The molecule has 68 heavy (non-hydrogen) atoms. The van der Waals surface area contributed by atoms with Crippen molar-refractivity contribution in [2.24, 2.45) is 13.0 Å². The highest BCUT2D eigenvalue weighted by Gasteiger charge is 2.59. The minimum absolute atomic E-state index is 0.00992. The summed E-state index contributed by atoms with van der Waals surface area (Å²) in [6.45, 7) is 12.9. The van der Waals surface area contributed by atoms with E-state index in [2.05, 4.69) is 54.2 Å². The van der Waals surface area contributed by atoms with E-state index in [-0.39, 0.29) is 42.3 Å². The summed E-state index contributed by atoms with van der Waals surface area (Å²) in [6, 6.07) is 14.7. The van der Waals surface area contributed by atoms with Crippen molar-refractivity contribution in [2.45, 2.75) is 90.3 Å². The third-order valence-corrected chi connectivity index (χ3v) is 14.9. The Balaban J connectivity index is 1.09. The van der Waals surface area contributed by atoms with E-state index in [9.17, 15) is 9.59 Å². The Morgan fingerprint density at radius 1 is 1.03 bits per heavy atom. The van der Waals surface area contributed by atoms with Gasteiger partial charge >= 0.3 is 11.4 Å². The van der Waals surface area contributed by atoms with Gasteiger partial charge in [-0.3, -0.25) is 28.1 Å². The van der Waals surface area contributed by atoms with Crippen molar-refractivity contribution in [1.29, 1.82) is 0 Å². The maximum absolute atomic E-state index is 15.9. The molecule has 2 aliphatic heterocycles. The van der Waals surface area contributed by atoms with Crippen LogP contribution in [0.15, 0.2) is 81.2 Å². The number of nitrogens with one attached hydrogen (secondary N) is 1. The maximum atomic E-state index is 15.9. The standard InChI is InChI=1S/C50H52ClFN10O6/c1-8-66-26-40-41-35(55-62(33-19-27(2)43(52)28(3)20-33)44(41)60-17-16-59(48(60)65)38-12-11-37-34(42(38)51)25-53-57(37)7)13-15-58(40)45(63)39-22-32-21-30(31-14-18-67-49(5,6)24-31)9-10-36(32)61(39)50(23-29(50)4)46-54-47(64)68-56-46/h9-12,16-17,19-22,25,29,31,40H,8,13-15,18,23-24,26H2,1-7H3,(H,54,56,64)/t29-,31-,40-,50-/m0/s1. The minimum atomic E-state index is -0.873. The lowest BCUT2D eigenvalue weighted by atomic mass is 9.83. The first kappa shape index (κ1) is 44.0. The fourth-order valence-corrected chi connectivity index (χ4v) is 11.3. The Labute approximate surface area is 394 Å². The molecule has 0 radical (unpaired) electrons. The van der Waals surface area contributed by atoms with Crippen LogP contribution < -0.4 is 11.4 Å². The Kier molecular flexibility index (Phi) is 10.4. The minimum Gasteiger partial charge on any atom is -0.379 e. The first-order chi connectivity index (χ1) is 32.6. The van der Waals surface area contributed by atoms with Gasteiger partial charge in [0, 0.05) is 67.5 Å². The molecular weight excluding hydrogens is 891 g/mol. The van der Waals surface area contributed by atoms with Crippen LogP contribution in [0.4, 0.5) is 4.39 Å². The molecule has 2 fully saturated rings. The number of imidazole rings is 1. The molecule has 7 heterocycles. The molecule has 1 saturated heterocycles. The number of aromatic nitrogens is 9. The number of carbonyl (C=O) groups is 1. The lowest BCUT2D eigenvalue weighted by molar-refractivity contribution is -0.0592. The first-order valence-electron chi connectivity index (χ1n) is 23.1. The van der Waals surface area contributed by atoms with Crippen LogP contribution in [0.5, 0.6) is 0 Å². The van der Waals surface area contributed by atoms with Crippen LogP contribution in [0.1, 0.15) is 103 Å². The van der Waals surface area contributed by atoms with Gasteiger partial charge in [0.05, 0.1) is 52.1 Å². The summed E-state index contributed by atoms with van der Waals surface area (Å²) in [5, 5.41) is 15.7. The van der Waals surface area contributed by atoms with Crippen molar-refractivity contribution in [3.8, 4) is 17.2 Å². The Morgan fingerprint density at radius 3 is 2.49 bits per heavy atom. The van der Waals surface area contributed by atoms with E-state index in [0.29, 0.717) is 87.6 Å². The third kappa shape index (κ3) is 6.83. The van der Waals surface area contributed by atoms with Gasteiger partial charge in [0.1, 0.15) is 22.9 Å². The number of rotatable bonds is 10. The lowest BCUT2D eigenvalue weighted by Gasteiger charge is -2.36. The van der Waals surface area contributed by atoms with Crippen molar-refractivity contribution in [3.63, 3.8) is 0 Å². The summed E-state index contributed by atoms with van der Waals surface area (Å²) in [4.78, 5) is 48.0. The van der Waals surface area contributed by atoms with Gasteiger partial charge in [0.25, 0.3) is 5.91 Å². The summed E-state index contributed by atoms with van der Waals surface area (Å²) in [7, 11) is 1.82. The molecule has 11 rings (SSSR count). The van der Waals surface area contributed by atoms with Gasteiger partial charge in [-0.1, -0.05) is 29.7 Å². The second-order valence-electron chi connectivity index (χ2n) is 19.3. The summed E-state index contributed by atoms with van der Waals surface area (Å²) < 4.78 is 41.1. The molecule has 1 amide bonds. The van der Waals surface area contributed by atoms with Crippen molar-refractivity contribution in [2.75, 3.05) is 26.4 Å². The topological polar surface area (TPSA) is 165 Å². The number of fused-ring (bicyclic) bond motifs is 3. The van der Waals surface area contributed by atoms with Crippen LogP contribution in [0.3, 0.4) is 0 Å². The molecule has 0 unspecified atom stereocenters. The summed E-state index contributed by atoms with van der Waals surface area (Å²) in [5.74, 6) is -0.298. The number of nitrogens with zero attached hydrogens (tertiary/aromatic N) is 9. The van der Waals surface area contributed by atoms with Crippen molar-refractivity contribution in [1.82, 2.24) is 48.3 Å². The van der Waals surface area contributed by atoms with Gasteiger partial charge in [-0.2, -0.15) is 10.2 Å². The van der Waals surface area contributed by atoms with Crippen LogP contribution >= 0.6 is 11.6 Å². The van der Waals surface area contributed by atoms with Crippen LogP contribution in [0.2, 0.25) is 5.02 Å². The van der Waals surface area contributed by atoms with Crippen LogP contribution in [0, 0.1) is 25.6 Å². The molecule has 18 heteroatoms. The molecule has 0 spiro atoms. The Hall–Kier alpha value is -6.56. The highest BCUT2D eigenvalue weighted by atomic mass is 35.5. The Morgan fingerprint density at radius 2 is 1.78 bits per heavy atom. The zero-order chi connectivity index (χ0) is 47.6. The summed E-state index contributed by atoms with van der Waals surface area (Å²) in [6.07, 6.45) is 7.65. The highest BCUT2D eigenvalue weighted by molar-refractivity contribution is 6.37. The van der Waals surface area contributed by atoms with Crippen molar-refractivity contribution in [3.05, 3.63) is 138 Å². The van der Waals surface area contributed by atoms with E-state index >= 15 is 9.18 Å². The molecule has 1 N–H and O–H groups in total. The second kappa shape index (κ2) is 16.0. The molecule has 3 aliphatic rings. The number of hydrogen-bond donors (Lipinski definition) is 1. The normalized spacial score (nSPS) is 21.2. The summed E-state index contributed by atoms with van der Waals surface area (Å²) in [5.41, 5.74) is 4.74. The number of halogens is 2. The van der Waals surface area contributed by atoms with E-state index < -0.39 is 23.0 Å². The zero-order valence-corrected chi connectivity index (χ0v) is 39.7. The average Bonchev–Trinajstić information content (AvgIpc) is 3.94. The van der Waals surface area contributed by atoms with Gasteiger partial charge in [-0.15, -0.1) is 0 Å². The number of hydrogen-bond acceptors (Lipinski definition) is 9. The fourth-order valence-electron chi connectivity index (χ4n) is 11.0. The van der Waals surface area contributed by atoms with Gasteiger partial charge in [0.2, 0.25) is 0 Å². The molecule has 0 bridgehead atoms. The van der Waals surface area contributed by atoms with Crippen LogP contribution in [-0.4, -0.2) is 86.2 Å². The third-order valence-electron chi connectivity index (χ3n) is 14.5. The number of carbonyl (C=O) groups excluding carboxylic acids is 1. The quantitative estimate of drug-likeness (QED) is 0.143. The van der Waals surface area contributed by atoms with Crippen LogP contribution in [-0.2, 0) is 28.5 Å². The molecule has 5 aromatic heterocycles. The largest absolute Gasteiger partial charge is 0.438 e. The van der Waals surface area contributed by atoms with Crippen LogP contribution in [0.25, 0.3) is 39.0 Å². The number of ether oxygens (including phenoxy) is 2. The lowest BCUT2D eigenvalue weighted by Crippen LogP contribution is -2.44. The first-order valence-corrected chi connectivity index (χ1v) is 23.5. The molecule has 352 valence electrons. The fraction of sp³-hybridized carbons (Fsp3) is 0.400. The predicted molar refractivity (Wildman–Crippen MR) is 253 cm³/mol. The van der Waals surface area contributed by atoms with Gasteiger partial charge in [-0.25, -0.2) is 18.7 Å². The van der Waals surface area contributed by atoms with Crippen molar-refractivity contribution >= 4 is 39.3 Å². The molecule has 16 nitrogen and oxygen atoms in total. The van der Waals surface area contributed by atoms with E-state index in [1.807, 2.05) is 35.6 Å². The number of aromatic amines is 1. The second-order valence-corrected chi connectivity index (χ2v) is 19.7. The number of benzene rings is 3. The average molecular weight is 943 g/mol. The molecule has 8 aromatic rings. The highest BCUT2D eigenvalue weighted by Crippen LogP contribution is 2.56. The molecular formula is C50H52ClFN10O6. The number of amides is 1. The molecule has 3 aromatic carbocycles. The van der Waals surface area contributed by atoms with E-state index in [1.165, 1.54) is 9.13 Å². The number of aryl methyl sites for hydroxylation is 3. The van der Waals surface area contributed by atoms with E-state index in [0.717, 1.165) is 34.8 Å². The molecule has 4 atom stereocenters. The monoisotopic (exact) mass is 942 g/mol. The Bertz CT molecular complexity index is 3440. The van der Waals surface area contributed by atoms with Gasteiger partial charge in [-0.05, 0) is 125 Å². The smallest absolute Gasteiger partial charge is 0.379 e. The van der Waals surface area contributed by atoms with Gasteiger partial charge < -0.3 is 18.9 Å². The van der Waals surface area contributed by atoms with E-state index in [1.54, 1.807) is 60.0 Å². The maximum Gasteiger partial charge on any atom is 0.438 e. The van der Waals surface area contributed by atoms with Gasteiger partial charge in [0.15, 0.2) is 5.82 Å². The molecule has 1 aliphatic carbocycles. The zero-order valence-electron chi connectivity index (χ0n) is 39.0. The molecule has 1 saturated carbocycles.